The van der Waals surface area contributed by atoms with Crippen molar-refractivity contribution in [2.45, 2.75) is 32.3 Å². The Labute approximate surface area is 125 Å². The first-order valence-corrected chi connectivity index (χ1v) is 7.52. The van der Waals surface area contributed by atoms with Crippen molar-refractivity contribution >= 4 is 11.8 Å². The van der Waals surface area contributed by atoms with Crippen LogP contribution < -0.4 is 10.6 Å². The highest BCUT2D eigenvalue weighted by molar-refractivity contribution is 5.88. The average molecular weight is 292 g/mol. The number of piperidine rings is 1. The molecule has 21 heavy (non-hydrogen) atoms. The number of rotatable bonds is 5. The summed E-state index contributed by atoms with van der Waals surface area (Å²) in [5.41, 5.74) is 0.904. The van der Waals surface area contributed by atoms with Gasteiger partial charge in [-0.05, 0) is 44.5 Å². The van der Waals surface area contributed by atoms with E-state index in [4.69, 9.17) is 0 Å². The van der Waals surface area contributed by atoms with E-state index in [-0.39, 0.29) is 12.6 Å². The molecule has 2 rings (SSSR count). The second-order valence-corrected chi connectivity index (χ2v) is 5.52. The van der Waals surface area contributed by atoms with Crippen LogP contribution in [0.4, 0.5) is 10.6 Å². The number of likely N-dealkylation sites (tertiary alicyclic amines) is 1. The molecule has 1 saturated heterocycles. The fourth-order valence-corrected chi connectivity index (χ4v) is 2.48. The van der Waals surface area contributed by atoms with Crippen LogP contribution in [0.2, 0.25) is 0 Å². The summed E-state index contributed by atoms with van der Waals surface area (Å²) in [6.45, 7) is 4.82. The topological polar surface area (TPSA) is 77.5 Å². The molecule has 3 N–H and O–H groups in total. The summed E-state index contributed by atoms with van der Waals surface area (Å²) in [6.07, 6.45) is 4.75. The molecule has 1 atom stereocenters. The quantitative estimate of drug-likeness (QED) is 0.766. The summed E-state index contributed by atoms with van der Waals surface area (Å²) in [5, 5.41) is 15.3. The van der Waals surface area contributed by atoms with Crippen molar-refractivity contribution in [1.29, 1.82) is 0 Å². The monoisotopic (exact) mass is 292 g/mol. The first kappa shape index (κ1) is 15.7. The lowest BCUT2D eigenvalue weighted by Crippen LogP contribution is -2.43. The van der Waals surface area contributed by atoms with Gasteiger partial charge in [0.1, 0.15) is 5.82 Å². The van der Waals surface area contributed by atoms with Crippen LogP contribution in [0.1, 0.15) is 24.8 Å². The van der Waals surface area contributed by atoms with Crippen molar-refractivity contribution in [3.05, 3.63) is 23.9 Å². The summed E-state index contributed by atoms with van der Waals surface area (Å²) in [7, 11) is 0. The third-order valence-corrected chi connectivity index (χ3v) is 3.66. The van der Waals surface area contributed by atoms with E-state index >= 15 is 0 Å². The first-order valence-electron chi connectivity index (χ1n) is 7.52. The summed E-state index contributed by atoms with van der Waals surface area (Å²) in [5.74, 6) is 0.542. The standard InChI is InChI=1S/C15H24N4O2/c1-12-6-5-7-16-14(12)18-15(21)17-10-13(20)11-19-8-3-2-4-9-19/h5-7,13,20H,2-4,8-11H2,1H3,(H2,16,17,18,21)/t13-/m0/s1. The van der Waals surface area contributed by atoms with E-state index in [1.165, 1.54) is 19.3 Å². The highest BCUT2D eigenvalue weighted by Crippen LogP contribution is 2.09. The number of aryl methyl sites for hydroxylation is 1. The highest BCUT2D eigenvalue weighted by Gasteiger charge is 2.15. The molecule has 0 spiro atoms. The summed E-state index contributed by atoms with van der Waals surface area (Å²) in [4.78, 5) is 18.1. The number of anilines is 1. The highest BCUT2D eigenvalue weighted by atomic mass is 16.3. The van der Waals surface area contributed by atoms with Gasteiger partial charge in [0.2, 0.25) is 0 Å². The van der Waals surface area contributed by atoms with Crippen LogP contribution in [0.15, 0.2) is 18.3 Å². The van der Waals surface area contributed by atoms with Gasteiger partial charge in [-0.1, -0.05) is 12.5 Å². The van der Waals surface area contributed by atoms with Crippen molar-refractivity contribution < 1.29 is 9.90 Å². The minimum Gasteiger partial charge on any atom is -0.390 e. The number of β-amino-alcohol motifs (C(OH)–C–C–N with tert-alkyl or cyclic N) is 1. The molecule has 0 aliphatic carbocycles. The summed E-state index contributed by atoms with van der Waals surface area (Å²) >= 11 is 0. The van der Waals surface area contributed by atoms with Crippen LogP contribution in [-0.4, -0.2) is 53.3 Å². The van der Waals surface area contributed by atoms with E-state index < -0.39 is 6.10 Å². The molecular formula is C15H24N4O2. The van der Waals surface area contributed by atoms with E-state index in [1.807, 2.05) is 19.1 Å². The van der Waals surface area contributed by atoms with Crippen molar-refractivity contribution in [1.82, 2.24) is 15.2 Å². The van der Waals surface area contributed by atoms with Gasteiger partial charge in [0.05, 0.1) is 6.10 Å². The van der Waals surface area contributed by atoms with Gasteiger partial charge in [0.25, 0.3) is 0 Å². The number of amides is 2. The lowest BCUT2D eigenvalue weighted by Gasteiger charge is -2.28. The van der Waals surface area contributed by atoms with E-state index in [9.17, 15) is 9.90 Å². The molecule has 2 amide bonds. The Morgan fingerprint density at radius 1 is 1.43 bits per heavy atom. The van der Waals surface area contributed by atoms with Crippen LogP contribution >= 0.6 is 0 Å². The van der Waals surface area contributed by atoms with Gasteiger partial charge in [-0.15, -0.1) is 0 Å². The molecule has 0 aromatic carbocycles. The van der Waals surface area contributed by atoms with Gasteiger partial charge >= 0.3 is 6.03 Å². The molecule has 6 nitrogen and oxygen atoms in total. The number of carbonyl (C=O) groups is 1. The van der Waals surface area contributed by atoms with Gasteiger partial charge < -0.3 is 15.3 Å². The Hall–Kier alpha value is -1.66. The smallest absolute Gasteiger partial charge is 0.320 e. The number of urea groups is 1. The average Bonchev–Trinajstić information content (AvgIpc) is 2.49. The Balaban J connectivity index is 1.69. The lowest BCUT2D eigenvalue weighted by atomic mass is 10.1. The number of aromatic nitrogens is 1. The van der Waals surface area contributed by atoms with Crippen molar-refractivity contribution in [3.8, 4) is 0 Å². The minimum absolute atomic E-state index is 0.244. The SMILES string of the molecule is Cc1cccnc1NC(=O)NC[C@H](O)CN1CCCCC1. The van der Waals surface area contributed by atoms with Gasteiger partial charge in [-0.3, -0.25) is 5.32 Å². The molecule has 1 fully saturated rings. The number of pyridine rings is 1. The predicted molar refractivity (Wildman–Crippen MR) is 82.3 cm³/mol. The van der Waals surface area contributed by atoms with Crippen molar-refractivity contribution in [3.63, 3.8) is 0 Å². The third-order valence-electron chi connectivity index (χ3n) is 3.66. The molecular weight excluding hydrogens is 268 g/mol. The number of nitrogens with zero attached hydrogens (tertiary/aromatic N) is 2. The lowest BCUT2D eigenvalue weighted by molar-refractivity contribution is 0.102. The molecule has 1 aromatic heterocycles. The molecule has 2 heterocycles. The van der Waals surface area contributed by atoms with Gasteiger partial charge in [-0.25, -0.2) is 9.78 Å². The van der Waals surface area contributed by atoms with E-state index in [2.05, 4.69) is 20.5 Å². The normalized spacial score (nSPS) is 17.2. The molecule has 0 radical (unpaired) electrons. The Kier molecular flexibility index (Phi) is 5.95. The van der Waals surface area contributed by atoms with E-state index in [0.29, 0.717) is 12.4 Å². The molecule has 6 heteroatoms. The minimum atomic E-state index is -0.543. The van der Waals surface area contributed by atoms with Gasteiger partial charge in [0.15, 0.2) is 0 Å². The van der Waals surface area contributed by atoms with Crippen LogP contribution in [0, 0.1) is 6.92 Å². The first-order chi connectivity index (χ1) is 10.1. The number of hydrogen-bond donors (Lipinski definition) is 3. The van der Waals surface area contributed by atoms with Gasteiger partial charge in [-0.2, -0.15) is 0 Å². The number of carbonyl (C=O) groups excluding carboxylic acids is 1. The number of aliphatic hydroxyl groups is 1. The molecule has 0 saturated carbocycles. The Morgan fingerprint density at radius 2 is 2.19 bits per heavy atom. The molecule has 1 aromatic rings. The molecule has 1 aliphatic rings. The van der Waals surface area contributed by atoms with E-state index in [1.54, 1.807) is 6.20 Å². The summed E-state index contributed by atoms with van der Waals surface area (Å²) < 4.78 is 0. The maximum absolute atomic E-state index is 11.8. The van der Waals surface area contributed by atoms with E-state index in [0.717, 1.165) is 18.7 Å². The fraction of sp³-hybridized carbons (Fsp3) is 0.600. The molecule has 116 valence electrons. The molecule has 0 bridgehead atoms. The molecule has 1 aliphatic heterocycles. The number of nitrogens with one attached hydrogen (secondary N) is 2. The van der Waals surface area contributed by atoms with Crippen molar-refractivity contribution in [2.75, 3.05) is 31.5 Å². The Bertz CT molecular complexity index is 461. The Morgan fingerprint density at radius 3 is 2.90 bits per heavy atom. The van der Waals surface area contributed by atoms with Crippen LogP contribution in [0.3, 0.4) is 0 Å². The predicted octanol–water partition coefficient (Wildman–Crippen LogP) is 1.36. The zero-order valence-electron chi connectivity index (χ0n) is 12.5. The van der Waals surface area contributed by atoms with Crippen molar-refractivity contribution in [2.24, 2.45) is 0 Å². The number of aliphatic hydroxyl groups excluding tert-OH is 1. The largest absolute Gasteiger partial charge is 0.390 e. The molecule has 0 unspecified atom stereocenters. The third kappa shape index (κ3) is 5.32. The summed E-state index contributed by atoms with van der Waals surface area (Å²) in [6, 6.07) is 3.36. The fourth-order valence-electron chi connectivity index (χ4n) is 2.48. The zero-order chi connectivity index (χ0) is 15.1. The van der Waals surface area contributed by atoms with Gasteiger partial charge in [0, 0.05) is 19.3 Å². The number of hydrogen-bond acceptors (Lipinski definition) is 4. The second kappa shape index (κ2) is 7.95. The zero-order valence-corrected chi connectivity index (χ0v) is 12.5. The van der Waals surface area contributed by atoms with Crippen LogP contribution in [0.5, 0.6) is 0 Å². The maximum Gasteiger partial charge on any atom is 0.320 e. The second-order valence-electron chi connectivity index (χ2n) is 5.52. The maximum atomic E-state index is 11.8. The van der Waals surface area contributed by atoms with Crippen LogP contribution in [-0.2, 0) is 0 Å². The van der Waals surface area contributed by atoms with Crippen LogP contribution in [0.25, 0.3) is 0 Å².